The molecule has 108 valence electrons. The van der Waals surface area contributed by atoms with E-state index in [0.29, 0.717) is 11.0 Å². The fourth-order valence-corrected chi connectivity index (χ4v) is 2.78. The molecule has 0 aliphatic carbocycles. The minimum atomic E-state index is -3.88. The molecule has 0 aliphatic rings. The summed E-state index contributed by atoms with van der Waals surface area (Å²) in [5, 5.41) is 13.6. The number of nitrogens with zero attached hydrogens (tertiary/aromatic N) is 1. The monoisotopic (exact) mass is 373 g/mol. The van der Waals surface area contributed by atoms with Crippen LogP contribution in [0.3, 0.4) is 0 Å². The number of sulfonamides is 1. The predicted molar refractivity (Wildman–Crippen MR) is 77.2 cm³/mol. The Morgan fingerprint density at radius 3 is 2.53 bits per heavy atom. The first kappa shape index (κ1) is 18.3. The van der Waals surface area contributed by atoms with Gasteiger partial charge in [-0.05, 0) is 19.2 Å². The van der Waals surface area contributed by atoms with Gasteiger partial charge in [-0.2, -0.15) is 0 Å². The number of halogens is 2. The summed E-state index contributed by atoms with van der Waals surface area (Å²) in [4.78, 5) is 9.77. The molecule has 0 radical (unpaired) electrons. The summed E-state index contributed by atoms with van der Waals surface area (Å²) in [6.45, 7) is 0.593. The summed E-state index contributed by atoms with van der Waals surface area (Å²) in [5.41, 5.74) is -0.457. The second-order valence-corrected chi connectivity index (χ2v) is 6.02. The molecule has 19 heavy (non-hydrogen) atoms. The van der Waals surface area contributed by atoms with Crippen molar-refractivity contribution in [2.75, 3.05) is 20.1 Å². The lowest BCUT2D eigenvalue weighted by molar-refractivity contribution is -0.387. The molecule has 0 saturated heterocycles. The lowest BCUT2D eigenvalue weighted by atomic mass is 10.3. The Morgan fingerprint density at radius 1 is 1.37 bits per heavy atom. The van der Waals surface area contributed by atoms with Gasteiger partial charge in [-0.25, -0.2) is 13.1 Å². The topological polar surface area (TPSA) is 101 Å². The van der Waals surface area contributed by atoms with Crippen molar-refractivity contribution >= 4 is 44.0 Å². The molecule has 1 rings (SSSR count). The zero-order valence-corrected chi connectivity index (χ0v) is 13.1. The van der Waals surface area contributed by atoms with Crippen molar-refractivity contribution in [2.45, 2.75) is 4.90 Å². The fourth-order valence-electron chi connectivity index (χ4n) is 1.25. The van der Waals surface area contributed by atoms with Crippen LogP contribution in [0.1, 0.15) is 0 Å². The minimum absolute atomic E-state index is 0. The highest BCUT2D eigenvalue weighted by Gasteiger charge is 2.25. The minimum Gasteiger partial charge on any atom is -0.318 e. The van der Waals surface area contributed by atoms with Crippen LogP contribution in [0.4, 0.5) is 5.69 Å². The molecule has 1 aromatic carbocycles. The molecule has 0 bridgehead atoms. The number of benzene rings is 1. The van der Waals surface area contributed by atoms with Crippen molar-refractivity contribution < 1.29 is 13.3 Å². The van der Waals surface area contributed by atoms with Gasteiger partial charge in [0.2, 0.25) is 10.0 Å². The highest BCUT2D eigenvalue weighted by Crippen LogP contribution is 2.26. The lowest BCUT2D eigenvalue weighted by Gasteiger charge is -2.07. The molecule has 0 unspecified atom stereocenters. The van der Waals surface area contributed by atoms with Crippen LogP contribution in [0.5, 0.6) is 0 Å². The number of likely N-dealkylation sites (N-methyl/N-ethyl adjacent to an activating group) is 1. The average Bonchev–Trinajstić information content (AvgIpc) is 2.28. The Bertz CT molecular complexity index is 552. The quantitative estimate of drug-likeness (QED) is 0.444. The number of hydrogen-bond donors (Lipinski definition) is 2. The summed E-state index contributed by atoms with van der Waals surface area (Å²) >= 11 is 3.07. The maximum atomic E-state index is 11.9. The first-order valence-corrected chi connectivity index (χ1v) is 7.24. The molecular weight excluding hydrogens is 362 g/mol. The van der Waals surface area contributed by atoms with Crippen LogP contribution >= 0.6 is 28.3 Å². The molecule has 2 N–H and O–H groups in total. The Balaban J connectivity index is 0.00000324. The van der Waals surface area contributed by atoms with Gasteiger partial charge >= 0.3 is 0 Å². The first-order valence-electron chi connectivity index (χ1n) is 4.96. The van der Waals surface area contributed by atoms with Gasteiger partial charge in [0.25, 0.3) is 5.69 Å². The summed E-state index contributed by atoms with van der Waals surface area (Å²) in [6, 6.07) is 3.80. The summed E-state index contributed by atoms with van der Waals surface area (Å²) in [5.74, 6) is 0. The maximum absolute atomic E-state index is 11.9. The van der Waals surface area contributed by atoms with E-state index in [1.165, 1.54) is 12.1 Å². The van der Waals surface area contributed by atoms with E-state index in [1.54, 1.807) is 7.05 Å². The van der Waals surface area contributed by atoms with E-state index in [9.17, 15) is 18.5 Å². The summed E-state index contributed by atoms with van der Waals surface area (Å²) in [7, 11) is -2.20. The zero-order valence-electron chi connectivity index (χ0n) is 9.92. The van der Waals surface area contributed by atoms with E-state index in [0.717, 1.165) is 6.07 Å². The Morgan fingerprint density at radius 2 is 2.00 bits per heavy atom. The molecule has 0 saturated carbocycles. The first-order chi connectivity index (χ1) is 8.38. The largest absolute Gasteiger partial charge is 0.318 e. The number of nitrogens with one attached hydrogen (secondary N) is 2. The van der Waals surface area contributed by atoms with Crippen molar-refractivity contribution in [3.05, 3.63) is 32.8 Å². The Labute approximate surface area is 125 Å². The van der Waals surface area contributed by atoms with Gasteiger partial charge in [-0.3, -0.25) is 10.1 Å². The van der Waals surface area contributed by atoms with Gasteiger partial charge in [0.05, 0.1) is 4.92 Å². The van der Waals surface area contributed by atoms with Crippen LogP contribution in [-0.4, -0.2) is 33.5 Å². The fraction of sp³-hybridized carbons (Fsp3) is 0.333. The van der Waals surface area contributed by atoms with E-state index in [-0.39, 0.29) is 23.8 Å². The van der Waals surface area contributed by atoms with Gasteiger partial charge in [-0.1, -0.05) is 15.9 Å². The zero-order chi connectivity index (χ0) is 13.8. The van der Waals surface area contributed by atoms with E-state index in [4.69, 9.17) is 0 Å². The van der Waals surface area contributed by atoms with Crippen molar-refractivity contribution in [2.24, 2.45) is 0 Å². The maximum Gasteiger partial charge on any atom is 0.290 e. The molecule has 0 atom stereocenters. The van der Waals surface area contributed by atoms with E-state index in [2.05, 4.69) is 26.0 Å². The van der Waals surface area contributed by atoms with Crippen molar-refractivity contribution in [3.8, 4) is 0 Å². The molecule has 0 spiro atoms. The lowest BCUT2D eigenvalue weighted by Crippen LogP contribution is -2.30. The average molecular weight is 375 g/mol. The van der Waals surface area contributed by atoms with Crippen molar-refractivity contribution in [1.82, 2.24) is 10.0 Å². The number of hydrogen-bond acceptors (Lipinski definition) is 5. The van der Waals surface area contributed by atoms with Gasteiger partial charge < -0.3 is 5.32 Å². The second-order valence-electron chi connectivity index (χ2n) is 3.37. The summed E-state index contributed by atoms with van der Waals surface area (Å²) < 4.78 is 26.5. The van der Waals surface area contributed by atoms with Gasteiger partial charge in [-0.15, -0.1) is 12.4 Å². The smallest absolute Gasteiger partial charge is 0.290 e. The summed E-state index contributed by atoms with van der Waals surface area (Å²) in [6.07, 6.45) is 0. The van der Waals surface area contributed by atoms with Crippen molar-refractivity contribution in [1.29, 1.82) is 0 Å². The highest BCUT2D eigenvalue weighted by molar-refractivity contribution is 9.10. The van der Waals surface area contributed by atoms with Crippen molar-refractivity contribution in [3.63, 3.8) is 0 Å². The molecule has 7 nitrogen and oxygen atoms in total. The predicted octanol–water partition coefficient (Wildman–Crippen LogP) is 1.28. The normalized spacial score (nSPS) is 10.8. The van der Waals surface area contributed by atoms with E-state index < -0.39 is 20.6 Å². The SMILES string of the molecule is CNCCNS(=O)(=O)c1ccc(Br)cc1[N+](=O)[O-].Cl. The van der Waals surface area contributed by atoms with Crippen LogP contribution in [0, 0.1) is 10.1 Å². The Kier molecular flexibility index (Phi) is 7.45. The van der Waals surface area contributed by atoms with Gasteiger partial charge in [0.15, 0.2) is 4.90 Å². The number of nitro groups is 1. The number of nitro benzene ring substituents is 1. The molecule has 0 fully saturated rings. The van der Waals surface area contributed by atoms with Crippen LogP contribution in [0.2, 0.25) is 0 Å². The molecule has 0 amide bonds. The Hall–Kier alpha value is -0.740. The molecule has 0 aromatic heterocycles. The molecule has 1 aromatic rings. The highest BCUT2D eigenvalue weighted by atomic mass is 79.9. The number of rotatable bonds is 6. The van der Waals surface area contributed by atoms with Gasteiger partial charge in [0.1, 0.15) is 0 Å². The molecule has 0 aliphatic heterocycles. The van der Waals surface area contributed by atoms with E-state index >= 15 is 0 Å². The van der Waals surface area contributed by atoms with Gasteiger partial charge in [0, 0.05) is 23.6 Å². The third-order valence-corrected chi connectivity index (χ3v) is 4.08. The van der Waals surface area contributed by atoms with Crippen LogP contribution < -0.4 is 10.0 Å². The van der Waals surface area contributed by atoms with Crippen LogP contribution in [-0.2, 0) is 10.0 Å². The van der Waals surface area contributed by atoms with Crippen LogP contribution in [0.25, 0.3) is 0 Å². The molecule has 0 heterocycles. The van der Waals surface area contributed by atoms with E-state index in [1.807, 2.05) is 0 Å². The third kappa shape index (κ3) is 5.03. The molecular formula is C9H13BrClN3O4S. The van der Waals surface area contributed by atoms with Crippen LogP contribution in [0.15, 0.2) is 27.6 Å². The standard InChI is InChI=1S/C9H12BrN3O4S.ClH/c1-11-4-5-12-18(16,17)9-3-2-7(10)6-8(9)13(14)15;/h2-3,6,11-12H,4-5H2,1H3;1H. The third-order valence-electron chi connectivity index (χ3n) is 2.07. The second kappa shape index (κ2) is 7.75. The molecule has 10 heteroatoms.